The van der Waals surface area contributed by atoms with Crippen LogP contribution in [0.5, 0.6) is 0 Å². The van der Waals surface area contributed by atoms with Crippen molar-refractivity contribution in [3.05, 3.63) is 22.7 Å². The van der Waals surface area contributed by atoms with Crippen molar-refractivity contribution in [3.8, 4) is 0 Å². The minimum absolute atomic E-state index is 0.167. The van der Waals surface area contributed by atoms with Crippen molar-refractivity contribution in [1.29, 1.82) is 0 Å². The Morgan fingerprint density at radius 2 is 1.58 bits per heavy atom. The van der Waals surface area contributed by atoms with Crippen LogP contribution in [0.2, 0.25) is 10.3 Å². The van der Waals surface area contributed by atoms with Gasteiger partial charge in [0.15, 0.2) is 0 Å². The van der Waals surface area contributed by atoms with Gasteiger partial charge in [-0.25, -0.2) is 9.97 Å². The maximum Gasteiger partial charge on any atom is 0.133 e. The average Bonchev–Trinajstić information content (AvgIpc) is 1.84. The van der Waals surface area contributed by atoms with Gasteiger partial charge < -0.3 is 5.11 Å². The number of hydrogen-bond donors (Lipinski definition) is 1. The zero-order valence-electron chi connectivity index (χ0n) is 6.83. The van der Waals surface area contributed by atoms with Crippen molar-refractivity contribution in [3.63, 3.8) is 0 Å². The molecular weight excluding hydrogens is 199 g/mol. The lowest BCUT2D eigenvalue weighted by Gasteiger charge is -1.85. The molecule has 12 heavy (non-hydrogen) atoms. The highest BCUT2D eigenvalue weighted by atomic mass is 35.5. The van der Waals surface area contributed by atoms with E-state index in [2.05, 4.69) is 9.97 Å². The van der Waals surface area contributed by atoms with Gasteiger partial charge in [0.2, 0.25) is 0 Å². The van der Waals surface area contributed by atoms with E-state index in [9.17, 15) is 0 Å². The third-order valence-corrected chi connectivity index (χ3v) is 1.01. The first-order chi connectivity index (χ1) is 5.52. The molecule has 1 rings (SSSR count). The predicted molar refractivity (Wildman–Crippen MR) is 49.4 cm³/mol. The summed E-state index contributed by atoms with van der Waals surface area (Å²) in [5, 5.41) is 8.79. The smallest absolute Gasteiger partial charge is 0.133 e. The zero-order chi connectivity index (χ0) is 9.56. The minimum Gasteiger partial charge on any atom is -0.394 e. The van der Waals surface area contributed by atoms with Crippen LogP contribution in [0.1, 0.15) is 13.8 Å². The molecule has 68 valence electrons. The molecule has 0 unspecified atom stereocenters. The first-order valence-electron chi connectivity index (χ1n) is 3.33. The quantitative estimate of drug-likeness (QED) is 0.666. The molecular formula is C7H10Cl2N2O. The van der Waals surface area contributed by atoms with E-state index in [1.165, 1.54) is 12.4 Å². The Kier molecular flexibility index (Phi) is 5.98. The van der Waals surface area contributed by atoms with E-state index in [4.69, 9.17) is 28.3 Å². The molecule has 1 N–H and O–H groups in total. The third-order valence-electron chi connectivity index (χ3n) is 0.600. The second-order valence-corrected chi connectivity index (χ2v) is 3.03. The summed E-state index contributed by atoms with van der Waals surface area (Å²) in [7, 11) is 0. The molecule has 0 bridgehead atoms. The molecule has 0 saturated heterocycles. The molecule has 1 heterocycles. The SMILES string of the molecule is CC(C)O.Clc1cc(Cl)ncn1. The Morgan fingerprint density at radius 1 is 1.25 bits per heavy atom. The van der Waals surface area contributed by atoms with Crippen LogP contribution in [-0.4, -0.2) is 21.2 Å². The average molecular weight is 209 g/mol. The number of hydrogen-bond acceptors (Lipinski definition) is 3. The van der Waals surface area contributed by atoms with Crippen LogP contribution in [0.3, 0.4) is 0 Å². The van der Waals surface area contributed by atoms with E-state index in [0.29, 0.717) is 10.3 Å². The van der Waals surface area contributed by atoms with Crippen LogP contribution in [-0.2, 0) is 0 Å². The molecule has 0 amide bonds. The van der Waals surface area contributed by atoms with E-state index in [1.807, 2.05) is 0 Å². The first-order valence-corrected chi connectivity index (χ1v) is 4.09. The van der Waals surface area contributed by atoms with Crippen molar-refractivity contribution in [2.75, 3.05) is 0 Å². The Labute approximate surface area is 81.4 Å². The fourth-order valence-electron chi connectivity index (χ4n) is 0.312. The van der Waals surface area contributed by atoms with Crippen molar-refractivity contribution >= 4 is 23.2 Å². The van der Waals surface area contributed by atoms with E-state index >= 15 is 0 Å². The zero-order valence-corrected chi connectivity index (χ0v) is 8.34. The molecule has 0 aliphatic heterocycles. The molecule has 1 aromatic rings. The van der Waals surface area contributed by atoms with Crippen molar-refractivity contribution in [2.45, 2.75) is 20.0 Å². The van der Waals surface area contributed by atoms with Gasteiger partial charge in [0.1, 0.15) is 16.6 Å². The summed E-state index contributed by atoms with van der Waals surface area (Å²) in [6.07, 6.45) is 1.14. The number of rotatable bonds is 0. The number of nitrogens with zero attached hydrogens (tertiary/aromatic N) is 2. The molecule has 0 aliphatic carbocycles. The second kappa shape index (κ2) is 6.17. The molecule has 0 aromatic carbocycles. The minimum atomic E-state index is -0.167. The predicted octanol–water partition coefficient (Wildman–Crippen LogP) is 2.17. The highest BCUT2D eigenvalue weighted by Gasteiger charge is 1.87. The monoisotopic (exact) mass is 208 g/mol. The van der Waals surface area contributed by atoms with Gasteiger partial charge in [-0.2, -0.15) is 0 Å². The normalized spacial score (nSPS) is 9.17. The topological polar surface area (TPSA) is 46.0 Å². The van der Waals surface area contributed by atoms with Crippen LogP contribution in [0.15, 0.2) is 12.4 Å². The van der Waals surface area contributed by atoms with Gasteiger partial charge >= 0.3 is 0 Å². The fourth-order valence-corrected chi connectivity index (χ4v) is 0.662. The van der Waals surface area contributed by atoms with E-state index in [0.717, 1.165) is 0 Å². The van der Waals surface area contributed by atoms with Gasteiger partial charge in [-0.3, -0.25) is 0 Å². The van der Waals surface area contributed by atoms with Crippen molar-refractivity contribution < 1.29 is 5.11 Å². The van der Waals surface area contributed by atoms with E-state index in [-0.39, 0.29) is 6.10 Å². The Bertz CT molecular complexity index is 210. The summed E-state index contributed by atoms with van der Waals surface area (Å²) in [4.78, 5) is 7.22. The fraction of sp³-hybridized carbons (Fsp3) is 0.429. The van der Waals surface area contributed by atoms with Crippen LogP contribution in [0.4, 0.5) is 0 Å². The summed E-state index contributed by atoms with van der Waals surface area (Å²) in [5.74, 6) is 0. The highest BCUT2D eigenvalue weighted by Crippen LogP contribution is 2.07. The Balaban J connectivity index is 0.000000261. The Hall–Kier alpha value is -0.380. The van der Waals surface area contributed by atoms with Gasteiger partial charge in [0.05, 0.1) is 0 Å². The molecule has 0 saturated carbocycles. The van der Waals surface area contributed by atoms with Crippen LogP contribution >= 0.6 is 23.2 Å². The number of aromatic nitrogens is 2. The maximum absolute atomic E-state index is 8.06. The van der Waals surface area contributed by atoms with Gasteiger partial charge in [0, 0.05) is 12.2 Å². The summed E-state index contributed by atoms with van der Waals surface area (Å²) >= 11 is 10.8. The lowest BCUT2D eigenvalue weighted by molar-refractivity contribution is 0.216. The van der Waals surface area contributed by atoms with Crippen LogP contribution in [0, 0.1) is 0 Å². The molecule has 5 heteroatoms. The van der Waals surface area contributed by atoms with Gasteiger partial charge in [-0.05, 0) is 13.8 Å². The molecule has 0 fully saturated rings. The van der Waals surface area contributed by atoms with Crippen molar-refractivity contribution in [2.24, 2.45) is 0 Å². The number of aliphatic hydroxyl groups excluding tert-OH is 1. The summed E-state index contributed by atoms with van der Waals surface area (Å²) < 4.78 is 0. The third kappa shape index (κ3) is 7.72. The number of aliphatic hydroxyl groups is 1. The van der Waals surface area contributed by atoms with Gasteiger partial charge in [-0.1, -0.05) is 23.2 Å². The van der Waals surface area contributed by atoms with Gasteiger partial charge in [-0.15, -0.1) is 0 Å². The molecule has 0 spiro atoms. The lowest BCUT2D eigenvalue weighted by atomic mass is 10.5. The van der Waals surface area contributed by atoms with Crippen LogP contribution in [0.25, 0.3) is 0 Å². The van der Waals surface area contributed by atoms with Crippen LogP contribution < -0.4 is 0 Å². The largest absolute Gasteiger partial charge is 0.394 e. The second-order valence-electron chi connectivity index (χ2n) is 2.26. The summed E-state index contributed by atoms with van der Waals surface area (Å²) in [6, 6.07) is 1.48. The molecule has 0 radical (unpaired) electrons. The number of halogens is 2. The molecule has 0 atom stereocenters. The summed E-state index contributed by atoms with van der Waals surface area (Å²) in [6.45, 7) is 3.44. The standard InChI is InChI=1S/C4H2Cl2N2.C3H8O/c5-3-1-4(6)8-2-7-3;1-3(2)4/h1-2H;3-4H,1-2H3. The lowest BCUT2D eigenvalue weighted by Crippen LogP contribution is -1.85. The van der Waals surface area contributed by atoms with Gasteiger partial charge in [0.25, 0.3) is 0 Å². The molecule has 0 aliphatic rings. The first kappa shape index (κ1) is 11.6. The van der Waals surface area contributed by atoms with Crippen molar-refractivity contribution in [1.82, 2.24) is 9.97 Å². The highest BCUT2D eigenvalue weighted by molar-refractivity contribution is 6.33. The van der Waals surface area contributed by atoms with E-state index in [1.54, 1.807) is 13.8 Å². The molecule has 1 aromatic heterocycles. The summed E-state index contributed by atoms with van der Waals surface area (Å²) in [5.41, 5.74) is 0. The van der Waals surface area contributed by atoms with E-state index < -0.39 is 0 Å². The molecule has 3 nitrogen and oxygen atoms in total. The maximum atomic E-state index is 8.06. The Morgan fingerprint density at radius 3 is 1.75 bits per heavy atom.